The lowest BCUT2D eigenvalue weighted by Gasteiger charge is -2.33. The molecule has 3 aliphatic heterocycles. The number of benzene rings is 1. The number of ether oxygens (including phenoxy) is 1. The molecule has 4 N–H and O–H groups in total. The Morgan fingerprint density at radius 1 is 1.19 bits per heavy atom. The Morgan fingerprint density at radius 3 is 2.72 bits per heavy atom. The zero-order valence-corrected chi connectivity index (χ0v) is 19.0. The van der Waals surface area contributed by atoms with E-state index in [0.29, 0.717) is 17.7 Å². The van der Waals surface area contributed by atoms with Crippen molar-refractivity contribution in [1.82, 2.24) is 9.97 Å². The van der Waals surface area contributed by atoms with Crippen LogP contribution in [0.3, 0.4) is 0 Å². The summed E-state index contributed by atoms with van der Waals surface area (Å²) in [5, 5.41) is 13.3. The number of piperidine rings is 1. The summed E-state index contributed by atoms with van der Waals surface area (Å²) < 4.78 is 18.1. The second-order valence-corrected chi connectivity index (χ2v) is 10.4. The van der Waals surface area contributed by atoms with E-state index in [9.17, 15) is 9.32 Å². The summed E-state index contributed by atoms with van der Waals surface area (Å²) in [6.07, 6.45) is 3.64. The Morgan fingerprint density at radius 2 is 1.97 bits per heavy atom. The van der Waals surface area contributed by atoms with Crippen LogP contribution in [0.5, 0.6) is 0 Å². The van der Waals surface area contributed by atoms with Gasteiger partial charge in [-0.15, -0.1) is 0 Å². The van der Waals surface area contributed by atoms with Crippen LogP contribution in [0.2, 0.25) is 0 Å². The maximum absolute atomic E-state index is 12.6. The minimum atomic E-state index is -1.03. The van der Waals surface area contributed by atoms with E-state index in [0.717, 1.165) is 86.3 Å². The van der Waals surface area contributed by atoms with Gasteiger partial charge in [0.2, 0.25) is 5.95 Å². The number of hydrogen-bond acceptors (Lipinski definition) is 8. The predicted octanol–water partition coefficient (Wildman–Crippen LogP) is 2.06. The molecule has 1 aromatic carbocycles. The molecule has 2 atom stereocenters. The van der Waals surface area contributed by atoms with Crippen LogP contribution < -0.4 is 16.0 Å². The van der Waals surface area contributed by atoms with E-state index in [2.05, 4.69) is 16.3 Å². The van der Waals surface area contributed by atoms with Gasteiger partial charge < -0.3 is 25.8 Å². The smallest absolute Gasteiger partial charge is 0.227 e. The maximum Gasteiger partial charge on any atom is 0.227 e. The summed E-state index contributed by atoms with van der Waals surface area (Å²) in [6.45, 7) is 3.21. The van der Waals surface area contributed by atoms with Gasteiger partial charge in [0.15, 0.2) is 0 Å². The van der Waals surface area contributed by atoms with Gasteiger partial charge in [-0.3, -0.25) is 4.21 Å². The van der Waals surface area contributed by atoms with Gasteiger partial charge in [0, 0.05) is 44.5 Å². The van der Waals surface area contributed by atoms with E-state index in [4.69, 9.17) is 20.4 Å². The first-order valence-electron chi connectivity index (χ1n) is 11.5. The van der Waals surface area contributed by atoms with Crippen LogP contribution in [0.25, 0.3) is 0 Å². The molecular formula is C23H31N5O3S. The topological polar surface area (TPSA) is 114 Å². The van der Waals surface area contributed by atoms with Crippen LogP contribution in [0.4, 0.5) is 11.8 Å². The highest BCUT2D eigenvalue weighted by Gasteiger charge is 2.30. The van der Waals surface area contributed by atoms with Crippen molar-refractivity contribution in [3.05, 3.63) is 41.1 Å². The van der Waals surface area contributed by atoms with E-state index >= 15 is 0 Å². The maximum atomic E-state index is 12.6. The van der Waals surface area contributed by atoms with Crippen molar-refractivity contribution in [2.75, 3.05) is 42.3 Å². The van der Waals surface area contributed by atoms with Crippen LogP contribution in [-0.4, -0.2) is 57.4 Å². The van der Waals surface area contributed by atoms with E-state index < -0.39 is 17.0 Å². The van der Waals surface area contributed by atoms with Crippen molar-refractivity contribution in [2.24, 2.45) is 5.73 Å². The van der Waals surface area contributed by atoms with Gasteiger partial charge in [-0.05, 0) is 42.7 Å². The summed E-state index contributed by atoms with van der Waals surface area (Å²) in [4.78, 5) is 12.7. The number of rotatable bonds is 5. The molecule has 0 saturated carbocycles. The number of aromatic nitrogens is 2. The molecule has 5 rings (SSSR count). The summed E-state index contributed by atoms with van der Waals surface area (Å²) in [5.41, 5.74) is 8.54. The molecule has 2 saturated heterocycles. The van der Waals surface area contributed by atoms with Crippen molar-refractivity contribution >= 4 is 22.6 Å². The Hall–Kier alpha value is -2.07. The molecule has 9 heteroatoms. The van der Waals surface area contributed by atoms with Gasteiger partial charge in [-0.25, -0.2) is 4.98 Å². The number of nitrogens with zero attached hydrogens (tertiary/aromatic N) is 3. The largest absolute Gasteiger partial charge is 0.381 e. The number of aliphatic hydroxyl groups excluding tert-OH is 1. The minimum absolute atomic E-state index is 0.295. The monoisotopic (exact) mass is 457 g/mol. The zero-order valence-electron chi connectivity index (χ0n) is 18.2. The average molecular weight is 458 g/mol. The van der Waals surface area contributed by atoms with Gasteiger partial charge in [-0.1, -0.05) is 24.3 Å². The van der Waals surface area contributed by atoms with Gasteiger partial charge in [-0.2, -0.15) is 4.98 Å². The number of anilines is 2. The van der Waals surface area contributed by atoms with Crippen molar-refractivity contribution in [3.63, 3.8) is 0 Å². The number of nitrogens with one attached hydrogen (secondary N) is 1. The lowest BCUT2D eigenvalue weighted by atomic mass is 9.88. The SMILES string of the molecule is NC(O)c1cccc(C2CCN(c3nc4c(c(NC5CCOCC5)n3)S(=O)CC4)CC2)c1. The van der Waals surface area contributed by atoms with E-state index in [1.165, 1.54) is 5.56 Å². The molecule has 0 aliphatic carbocycles. The second kappa shape index (κ2) is 9.43. The first kappa shape index (κ1) is 21.8. The quantitative estimate of drug-likeness (QED) is 0.585. The molecule has 32 heavy (non-hydrogen) atoms. The second-order valence-electron chi connectivity index (χ2n) is 8.85. The van der Waals surface area contributed by atoms with Crippen molar-refractivity contribution in [3.8, 4) is 0 Å². The summed E-state index contributed by atoms with van der Waals surface area (Å²) >= 11 is 0. The van der Waals surface area contributed by atoms with Crippen LogP contribution in [-0.2, 0) is 22.0 Å². The Kier molecular flexibility index (Phi) is 6.41. The fourth-order valence-electron chi connectivity index (χ4n) is 4.87. The number of aryl methyl sites for hydroxylation is 1. The molecule has 2 aromatic rings. The predicted molar refractivity (Wildman–Crippen MR) is 124 cm³/mol. The molecule has 0 bridgehead atoms. The summed E-state index contributed by atoms with van der Waals surface area (Å²) in [6, 6.07) is 8.25. The van der Waals surface area contributed by atoms with Crippen molar-refractivity contribution in [1.29, 1.82) is 0 Å². The number of fused-ring (bicyclic) bond motifs is 1. The summed E-state index contributed by atoms with van der Waals surface area (Å²) in [7, 11) is -1.03. The molecule has 3 aliphatic rings. The third-order valence-corrected chi connectivity index (χ3v) is 8.20. The molecule has 1 aromatic heterocycles. The van der Waals surface area contributed by atoms with Crippen LogP contribution in [0.15, 0.2) is 29.2 Å². The highest BCUT2D eigenvalue weighted by molar-refractivity contribution is 7.85. The van der Waals surface area contributed by atoms with E-state index in [1.807, 2.05) is 18.2 Å². The minimum Gasteiger partial charge on any atom is -0.381 e. The lowest BCUT2D eigenvalue weighted by molar-refractivity contribution is 0.0903. The molecule has 8 nitrogen and oxygen atoms in total. The Labute approximate surface area is 191 Å². The van der Waals surface area contributed by atoms with Crippen LogP contribution in [0, 0.1) is 0 Å². The first-order valence-corrected chi connectivity index (χ1v) is 12.8. The fourth-order valence-corrected chi connectivity index (χ4v) is 6.18. The number of aliphatic hydroxyl groups is 1. The van der Waals surface area contributed by atoms with Crippen molar-refractivity contribution < 1.29 is 14.1 Å². The number of hydrogen-bond donors (Lipinski definition) is 3. The highest BCUT2D eigenvalue weighted by atomic mass is 32.2. The van der Waals surface area contributed by atoms with Crippen molar-refractivity contribution in [2.45, 2.75) is 55.2 Å². The first-order chi connectivity index (χ1) is 15.6. The van der Waals surface area contributed by atoms with Gasteiger partial charge >= 0.3 is 0 Å². The molecular weight excluding hydrogens is 426 g/mol. The number of nitrogens with two attached hydrogens (primary N) is 1. The van der Waals surface area contributed by atoms with E-state index in [-0.39, 0.29) is 0 Å². The molecule has 2 fully saturated rings. The molecule has 2 unspecified atom stereocenters. The van der Waals surface area contributed by atoms with Gasteiger partial charge in [0.1, 0.15) is 16.9 Å². The van der Waals surface area contributed by atoms with Crippen LogP contribution in [0.1, 0.15) is 54.6 Å². The third kappa shape index (κ3) is 4.52. The van der Waals surface area contributed by atoms with Gasteiger partial charge in [0.05, 0.1) is 16.5 Å². The average Bonchev–Trinajstić information content (AvgIpc) is 3.21. The summed E-state index contributed by atoms with van der Waals surface area (Å²) in [5.74, 6) is 2.54. The van der Waals surface area contributed by atoms with Gasteiger partial charge in [0.25, 0.3) is 0 Å². The highest BCUT2D eigenvalue weighted by Crippen LogP contribution is 2.34. The molecule has 172 valence electrons. The Bertz CT molecular complexity index is 988. The molecule has 0 spiro atoms. The van der Waals surface area contributed by atoms with Crippen LogP contribution >= 0.6 is 0 Å². The molecule has 4 heterocycles. The Balaban J connectivity index is 1.33. The standard InChI is InChI=1S/C23H31N5O3S/c24-21(29)17-3-1-2-16(14-17)15-4-9-28(10-5-15)23-26-19-8-13-32(30)20(19)22(27-23)25-18-6-11-31-12-7-18/h1-3,14-15,18,21,29H,4-13,24H2,(H,25,26,27). The molecule has 0 amide bonds. The third-order valence-electron chi connectivity index (χ3n) is 6.74. The van der Waals surface area contributed by atoms with E-state index in [1.54, 1.807) is 0 Å². The zero-order chi connectivity index (χ0) is 22.1. The fraction of sp³-hybridized carbons (Fsp3) is 0.565. The lowest BCUT2D eigenvalue weighted by Crippen LogP contribution is -2.35. The normalized spacial score (nSPS) is 23.2. The molecule has 0 radical (unpaired) electrons.